The third-order valence-corrected chi connectivity index (χ3v) is 1.50. The van der Waals surface area contributed by atoms with Crippen molar-refractivity contribution in [3.05, 3.63) is 34.2 Å². The van der Waals surface area contributed by atoms with E-state index in [2.05, 4.69) is 5.18 Å². The first-order chi connectivity index (χ1) is 5.27. The SMILES string of the molecule is Cc1ccc(N=O)cc1C=O. The van der Waals surface area contributed by atoms with Gasteiger partial charge in [0.2, 0.25) is 0 Å². The summed E-state index contributed by atoms with van der Waals surface area (Å²) in [7, 11) is 0. The minimum absolute atomic E-state index is 0.290. The molecule has 1 aromatic rings. The number of rotatable bonds is 2. The minimum atomic E-state index is 0.290. The van der Waals surface area contributed by atoms with Crippen LogP contribution in [0.5, 0.6) is 0 Å². The molecule has 0 aromatic heterocycles. The number of benzene rings is 1. The zero-order valence-corrected chi connectivity index (χ0v) is 6.07. The maximum absolute atomic E-state index is 10.4. The topological polar surface area (TPSA) is 46.5 Å². The highest BCUT2D eigenvalue weighted by atomic mass is 16.3. The molecule has 56 valence electrons. The Morgan fingerprint density at radius 3 is 2.73 bits per heavy atom. The second-order valence-electron chi connectivity index (χ2n) is 2.25. The van der Waals surface area contributed by atoms with Crippen LogP contribution in [0.2, 0.25) is 0 Å². The summed E-state index contributed by atoms with van der Waals surface area (Å²) in [5, 5.41) is 2.71. The van der Waals surface area contributed by atoms with Crippen molar-refractivity contribution in [2.24, 2.45) is 5.18 Å². The molecule has 11 heavy (non-hydrogen) atoms. The van der Waals surface area contributed by atoms with Crippen LogP contribution in [-0.4, -0.2) is 6.29 Å². The highest BCUT2D eigenvalue weighted by Gasteiger charge is 1.97. The average Bonchev–Trinajstić information content (AvgIpc) is 2.05. The number of aldehydes is 1. The molecule has 3 nitrogen and oxygen atoms in total. The highest BCUT2D eigenvalue weighted by molar-refractivity contribution is 5.78. The van der Waals surface area contributed by atoms with Gasteiger partial charge < -0.3 is 0 Å². The molecule has 0 saturated heterocycles. The first-order valence-electron chi connectivity index (χ1n) is 3.17. The number of nitroso groups, excluding NO2 is 1. The lowest BCUT2D eigenvalue weighted by atomic mass is 10.1. The van der Waals surface area contributed by atoms with E-state index in [1.807, 2.05) is 0 Å². The zero-order chi connectivity index (χ0) is 8.27. The van der Waals surface area contributed by atoms with E-state index in [0.717, 1.165) is 5.56 Å². The summed E-state index contributed by atoms with van der Waals surface area (Å²) in [6.07, 6.45) is 0.712. The van der Waals surface area contributed by atoms with Crippen molar-refractivity contribution in [1.29, 1.82) is 0 Å². The second-order valence-corrected chi connectivity index (χ2v) is 2.25. The van der Waals surface area contributed by atoms with Crippen molar-refractivity contribution in [3.63, 3.8) is 0 Å². The van der Waals surface area contributed by atoms with E-state index >= 15 is 0 Å². The van der Waals surface area contributed by atoms with Crippen molar-refractivity contribution in [2.75, 3.05) is 0 Å². The summed E-state index contributed by atoms with van der Waals surface area (Å²) >= 11 is 0. The van der Waals surface area contributed by atoms with Gasteiger partial charge in [0, 0.05) is 5.56 Å². The van der Waals surface area contributed by atoms with Gasteiger partial charge in [-0.2, -0.15) is 0 Å². The summed E-state index contributed by atoms with van der Waals surface area (Å²) in [5.74, 6) is 0. The van der Waals surface area contributed by atoms with Crippen LogP contribution in [0.15, 0.2) is 23.4 Å². The van der Waals surface area contributed by atoms with Crippen LogP contribution in [0.3, 0.4) is 0 Å². The largest absolute Gasteiger partial charge is 0.298 e. The summed E-state index contributed by atoms with van der Waals surface area (Å²) in [4.78, 5) is 20.4. The van der Waals surface area contributed by atoms with Gasteiger partial charge in [-0.15, -0.1) is 4.91 Å². The van der Waals surface area contributed by atoms with E-state index in [0.29, 0.717) is 11.8 Å². The van der Waals surface area contributed by atoms with E-state index in [1.165, 1.54) is 6.07 Å². The Labute approximate surface area is 64.0 Å². The number of aryl methyl sites for hydroxylation is 1. The van der Waals surface area contributed by atoms with Gasteiger partial charge in [0.25, 0.3) is 0 Å². The third kappa shape index (κ3) is 1.49. The van der Waals surface area contributed by atoms with Crippen molar-refractivity contribution in [1.82, 2.24) is 0 Å². The lowest BCUT2D eigenvalue weighted by Gasteiger charge is -1.95. The maximum atomic E-state index is 10.4. The van der Waals surface area contributed by atoms with Crippen molar-refractivity contribution >= 4 is 12.0 Å². The van der Waals surface area contributed by atoms with Crippen LogP contribution in [0.25, 0.3) is 0 Å². The van der Waals surface area contributed by atoms with E-state index < -0.39 is 0 Å². The number of carbonyl (C=O) groups is 1. The molecule has 3 heteroatoms. The Bertz CT molecular complexity index is 294. The molecule has 0 saturated carbocycles. The van der Waals surface area contributed by atoms with Crippen LogP contribution >= 0.6 is 0 Å². The quantitative estimate of drug-likeness (QED) is 0.478. The van der Waals surface area contributed by atoms with Gasteiger partial charge in [0.15, 0.2) is 0 Å². The van der Waals surface area contributed by atoms with Gasteiger partial charge in [-0.1, -0.05) is 6.07 Å². The fourth-order valence-corrected chi connectivity index (χ4v) is 0.812. The summed E-state index contributed by atoms with van der Waals surface area (Å²) in [6, 6.07) is 4.74. The first kappa shape index (κ1) is 7.60. The van der Waals surface area contributed by atoms with Gasteiger partial charge in [-0.25, -0.2) is 0 Å². The average molecular weight is 149 g/mol. The normalized spacial score (nSPS) is 9.18. The predicted octanol–water partition coefficient (Wildman–Crippen LogP) is 2.21. The van der Waals surface area contributed by atoms with Crippen LogP contribution < -0.4 is 0 Å². The molecular formula is C8H7NO2. The molecule has 0 N–H and O–H groups in total. The molecule has 0 bridgehead atoms. The first-order valence-corrected chi connectivity index (χ1v) is 3.17. The molecule has 1 aromatic carbocycles. The monoisotopic (exact) mass is 149 g/mol. The highest BCUT2D eigenvalue weighted by Crippen LogP contribution is 2.15. The molecule has 0 amide bonds. The zero-order valence-electron chi connectivity index (χ0n) is 6.07. The summed E-state index contributed by atoms with van der Waals surface area (Å²) < 4.78 is 0. The Morgan fingerprint density at radius 2 is 2.18 bits per heavy atom. The lowest BCUT2D eigenvalue weighted by Crippen LogP contribution is -1.83. The number of hydrogen-bond donors (Lipinski definition) is 0. The Balaban J connectivity index is 3.22. The van der Waals surface area contributed by atoms with Crippen molar-refractivity contribution < 1.29 is 4.79 Å². The molecule has 0 unspecified atom stereocenters. The molecule has 0 fully saturated rings. The van der Waals surface area contributed by atoms with Gasteiger partial charge in [-0.05, 0) is 29.8 Å². The molecule has 0 radical (unpaired) electrons. The molecule has 0 aliphatic rings. The van der Waals surface area contributed by atoms with Crippen LogP contribution in [0, 0.1) is 11.8 Å². The molecule has 0 spiro atoms. The molecule has 0 aliphatic carbocycles. The predicted molar refractivity (Wildman–Crippen MR) is 42.0 cm³/mol. The fraction of sp³-hybridized carbons (Fsp3) is 0.125. The van der Waals surface area contributed by atoms with Crippen molar-refractivity contribution in [3.8, 4) is 0 Å². The number of hydrogen-bond acceptors (Lipinski definition) is 3. The van der Waals surface area contributed by atoms with Gasteiger partial charge >= 0.3 is 0 Å². The molecule has 1 rings (SSSR count). The van der Waals surface area contributed by atoms with Crippen molar-refractivity contribution in [2.45, 2.75) is 6.92 Å². The fourth-order valence-electron chi connectivity index (χ4n) is 0.812. The molecular weight excluding hydrogens is 142 g/mol. The maximum Gasteiger partial charge on any atom is 0.150 e. The molecule has 0 aliphatic heterocycles. The number of carbonyl (C=O) groups excluding carboxylic acids is 1. The summed E-state index contributed by atoms with van der Waals surface area (Å²) in [5.41, 5.74) is 1.66. The lowest BCUT2D eigenvalue weighted by molar-refractivity contribution is 0.112. The molecule has 0 heterocycles. The van der Waals surface area contributed by atoms with E-state index in [-0.39, 0.29) is 5.69 Å². The van der Waals surface area contributed by atoms with Crippen LogP contribution in [0.4, 0.5) is 5.69 Å². The van der Waals surface area contributed by atoms with E-state index in [9.17, 15) is 9.70 Å². The Morgan fingerprint density at radius 1 is 1.45 bits per heavy atom. The number of nitrogens with zero attached hydrogens (tertiary/aromatic N) is 1. The van der Waals surface area contributed by atoms with Gasteiger partial charge in [-0.3, -0.25) is 4.79 Å². The van der Waals surface area contributed by atoms with Crippen LogP contribution in [-0.2, 0) is 0 Å². The van der Waals surface area contributed by atoms with E-state index in [1.54, 1.807) is 19.1 Å². The standard InChI is InChI=1S/C8H7NO2/c1-6-2-3-8(9-11)4-7(6)5-10/h2-5H,1H3. The van der Waals surface area contributed by atoms with Gasteiger partial charge in [0.1, 0.15) is 12.0 Å². The Kier molecular flexibility index (Phi) is 2.11. The van der Waals surface area contributed by atoms with Gasteiger partial charge in [0.05, 0.1) is 0 Å². The summed E-state index contributed by atoms with van der Waals surface area (Å²) in [6.45, 7) is 1.80. The smallest absolute Gasteiger partial charge is 0.150 e. The molecule has 0 atom stereocenters. The second kappa shape index (κ2) is 3.05. The third-order valence-electron chi connectivity index (χ3n) is 1.50. The van der Waals surface area contributed by atoms with E-state index in [4.69, 9.17) is 0 Å². The Hall–Kier alpha value is -1.51. The van der Waals surface area contributed by atoms with Crippen LogP contribution in [0.1, 0.15) is 15.9 Å². The minimum Gasteiger partial charge on any atom is -0.298 e.